The van der Waals surface area contributed by atoms with Crippen molar-refractivity contribution < 1.29 is 14.7 Å². The van der Waals surface area contributed by atoms with Gasteiger partial charge in [-0.05, 0) is 12.1 Å². The van der Waals surface area contributed by atoms with Crippen LogP contribution in [0.2, 0.25) is 0 Å². The van der Waals surface area contributed by atoms with Crippen LogP contribution < -0.4 is 5.73 Å². The Morgan fingerprint density at radius 3 is 2.24 bits per heavy atom. The number of halogens is 1. The molecule has 1 saturated heterocycles. The van der Waals surface area contributed by atoms with Crippen molar-refractivity contribution in [3.8, 4) is 5.75 Å². The maximum Gasteiger partial charge on any atom is 0.257 e. The summed E-state index contributed by atoms with van der Waals surface area (Å²) >= 11 is 0. The molecule has 0 aromatic heterocycles. The highest BCUT2D eigenvalue weighted by molar-refractivity contribution is 5.97. The minimum Gasteiger partial charge on any atom is -0.507 e. The molecule has 0 unspecified atom stereocenters. The van der Waals surface area contributed by atoms with Crippen LogP contribution in [0.5, 0.6) is 5.75 Å². The van der Waals surface area contributed by atoms with Crippen molar-refractivity contribution in [2.75, 3.05) is 32.7 Å². The number of nitrogens with two attached hydrogens (primary N) is 1. The highest BCUT2D eigenvalue weighted by Gasteiger charge is 2.25. The van der Waals surface area contributed by atoms with Crippen LogP contribution in [0, 0.1) is 0 Å². The van der Waals surface area contributed by atoms with E-state index in [1.54, 1.807) is 28.0 Å². The lowest BCUT2D eigenvalue weighted by molar-refractivity contribution is -0.132. The summed E-state index contributed by atoms with van der Waals surface area (Å²) in [6, 6.07) is 6.49. The highest BCUT2D eigenvalue weighted by Crippen LogP contribution is 2.18. The van der Waals surface area contributed by atoms with Gasteiger partial charge in [-0.1, -0.05) is 12.1 Å². The monoisotopic (exact) mass is 313 g/mol. The number of piperazine rings is 1. The van der Waals surface area contributed by atoms with E-state index < -0.39 is 0 Å². The SMILES string of the molecule is Cl.NCCC(=O)N1CCN(C(=O)c2ccccc2O)CC1. The zero-order chi connectivity index (χ0) is 14.5. The van der Waals surface area contributed by atoms with Crippen LogP contribution in [0.15, 0.2) is 24.3 Å². The topological polar surface area (TPSA) is 86.9 Å². The third-order valence-electron chi connectivity index (χ3n) is 3.41. The molecule has 0 radical (unpaired) electrons. The Kier molecular flexibility index (Phi) is 6.45. The van der Waals surface area contributed by atoms with E-state index in [1.807, 2.05) is 0 Å². The molecule has 1 fully saturated rings. The molecule has 1 heterocycles. The standard InChI is InChI=1S/C14H19N3O3.ClH/c15-6-5-13(19)16-7-9-17(10-8-16)14(20)11-3-1-2-4-12(11)18;/h1-4,18H,5-10,15H2;1H. The number of hydrogen-bond acceptors (Lipinski definition) is 4. The molecule has 7 heteroatoms. The summed E-state index contributed by atoms with van der Waals surface area (Å²) in [5, 5.41) is 9.70. The largest absolute Gasteiger partial charge is 0.507 e. The van der Waals surface area contributed by atoms with Gasteiger partial charge >= 0.3 is 0 Å². The third kappa shape index (κ3) is 4.09. The number of nitrogens with zero attached hydrogens (tertiary/aromatic N) is 2. The second kappa shape index (κ2) is 7.85. The summed E-state index contributed by atoms with van der Waals surface area (Å²) in [6.45, 7) is 2.32. The Morgan fingerprint density at radius 2 is 1.67 bits per heavy atom. The average Bonchev–Trinajstić information content (AvgIpc) is 2.47. The Bertz CT molecular complexity index is 502. The third-order valence-corrected chi connectivity index (χ3v) is 3.41. The molecule has 21 heavy (non-hydrogen) atoms. The first-order valence-corrected chi connectivity index (χ1v) is 6.68. The molecular formula is C14H20ClN3O3. The summed E-state index contributed by atoms with van der Waals surface area (Å²) in [4.78, 5) is 27.3. The van der Waals surface area contributed by atoms with Gasteiger partial charge < -0.3 is 20.6 Å². The Balaban J connectivity index is 0.00000220. The summed E-state index contributed by atoms with van der Waals surface area (Å²) < 4.78 is 0. The van der Waals surface area contributed by atoms with Crippen molar-refractivity contribution in [1.82, 2.24) is 9.80 Å². The molecule has 1 aromatic rings. The first-order valence-electron chi connectivity index (χ1n) is 6.68. The highest BCUT2D eigenvalue weighted by atomic mass is 35.5. The van der Waals surface area contributed by atoms with Gasteiger partial charge in [-0.3, -0.25) is 9.59 Å². The number of para-hydroxylation sites is 1. The van der Waals surface area contributed by atoms with Crippen molar-refractivity contribution >= 4 is 24.2 Å². The van der Waals surface area contributed by atoms with Gasteiger partial charge in [0.25, 0.3) is 5.91 Å². The zero-order valence-electron chi connectivity index (χ0n) is 11.7. The van der Waals surface area contributed by atoms with Gasteiger partial charge in [-0.2, -0.15) is 0 Å². The average molecular weight is 314 g/mol. The summed E-state index contributed by atoms with van der Waals surface area (Å²) in [7, 11) is 0. The number of hydrogen-bond donors (Lipinski definition) is 2. The first kappa shape index (κ1) is 17.3. The van der Waals surface area contributed by atoms with Crippen molar-refractivity contribution in [3.05, 3.63) is 29.8 Å². The van der Waals surface area contributed by atoms with Crippen LogP contribution in [-0.2, 0) is 4.79 Å². The molecule has 116 valence electrons. The van der Waals surface area contributed by atoms with E-state index in [-0.39, 0.29) is 30.0 Å². The van der Waals surface area contributed by atoms with Gasteiger partial charge in [0.1, 0.15) is 5.75 Å². The van der Waals surface area contributed by atoms with Crippen LogP contribution in [0.1, 0.15) is 16.8 Å². The Labute approximate surface area is 129 Å². The number of carbonyl (C=O) groups is 2. The van der Waals surface area contributed by atoms with E-state index in [0.717, 1.165) is 0 Å². The van der Waals surface area contributed by atoms with E-state index in [4.69, 9.17) is 5.73 Å². The van der Waals surface area contributed by atoms with Crippen LogP contribution in [0.3, 0.4) is 0 Å². The molecule has 0 saturated carbocycles. The molecule has 0 bridgehead atoms. The molecule has 0 aliphatic carbocycles. The van der Waals surface area contributed by atoms with Crippen LogP contribution in [0.4, 0.5) is 0 Å². The molecule has 2 rings (SSSR count). The number of benzene rings is 1. The Hall–Kier alpha value is -1.79. The van der Waals surface area contributed by atoms with Crippen molar-refractivity contribution in [2.24, 2.45) is 5.73 Å². The second-order valence-corrected chi connectivity index (χ2v) is 4.73. The predicted molar refractivity (Wildman–Crippen MR) is 81.5 cm³/mol. The smallest absolute Gasteiger partial charge is 0.257 e. The molecule has 2 amide bonds. The maximum atomic E-state index is 12.3. The van der Waals surface area contributed by atoms with Gasteiger partial charge in [0, 0.05) is 39.1 Å². The lowest BCUT2D eigenvalue weighted by atomic mass is 10.1. The molecule has 3 N–H and O–H groups in total. The lowest BCUT2D eigenvalue weighted by Gasteiger charge is -2.34. The number of phenols is 1. The van der Waals surface area contributed by atoms with E-state index in [0.29, 0.717) is 44.7 Å². The van der Waals surface area contributed by atoms with E-state index in [2.05, 4.69) is 0 Å². The minimum absolute atomic E-state index is 0. The van der Waals surface area contributed by atoms with Crippen molar-refractivity contribution in [2.45, 2.75) is 6.42 Å². The molecular weight excluding hydrogens is 294 g/mol. The summed E-state index contributed by atoms with van der Waals surface area (Å²) in [5.41, 5.74) is 5.66. The minimum atomic E-state index is -0.200. The lowest BCUT2D eigenvalue weighted by Crippen LogP contribution is -2.50. The zero-order valence-corrected chi connectivity index (χ0v) is 12.5. The molecule has 1 aliphatic rings. The Morgan fingerprint density at radius 1 is 1.10 bits per heavy atom. The summed E-state index contributed by atoms with van der Waals surface area (Å²) in [6.07, 6.45) is 0.341. The van der Waals surface area contributed by atoms with Gasteiger partial charge in [0.15, 0.2) is 0 Å². The van der Waals surface area contributed by atoms with E-state index >= 15 is 0 Å². The fraction of sp³-hybridized carbons (Fsp3) is 0.429. The summed E-state index contributed by atoms with van der Waals surface area (Å²) in [5.74, 6) is -0.185. The van der Waals surface area contributed by atoms with E-state index in [1.165, 1.54) is 6.07 Å². The molecule has 0 atom stereocenters. The number of aromatic hydroxyl groups is 1. The first-order chi connectivity index (χ1) is 9.63. The fourth-order valence-corrected chi connectivity index (χ4v) is 2.27. The number of carbonyl (C=O) groups excluding carboxylic acids is 2. The van der Waals surface area contributed by atoms with Crippen LogP contribution in [-0.4, -0.2) is 59.4 Å². The van der Waals surface area contributed by atoms with Crippen LogP contribution in [0.25, 0.3) is 0 Å². The van der Waals surface area contributed by atoms with Gasteiger partial charge in [0.2, 0.25) is 5.91 Å². The molecule has 1 aromatic carbocycles. The van der Waals surface area contributed by atoms with E-state index in [9.17, 15) is 14.7 Å². The van der Waals surface area contributed by atoms with Crippen molar-refractivity contribution in [3.63, 3.8) is 0 Å². The van der Waals surface area contributed by atoms with Crippen molar-refractivity contribution in [1.29, 1.82) is 0 Å². The van der Waals surface area contributed by atoms with Crippen LogP contribution >= 0.6 is 12.4 Å². The second-order valence-electron chi connectivity index (χ2n) is 4.73. The number of amides is 2. The van der Waals surface area contributed by atoms with Gasteiger partial charge in [0.05, 0.1) is 5.56 Å². The number of phenolic OH excluding ortho intramolecular Hbond substituents is 1. The van der Waals surface area contributed by atoms with Gasteiger partial charge in [-0.15, -0.1) is 12.4 Å². The van der Waals surface area contributed by atoms with Gasteiger partial charge in [-0.25, -0.2) is 0 Å². The molecule has 1 aliphatic heterocycles. The fourth-order valence-electron chi connectivity index (χ4n) is 2.27. The molecule has 0 spiro atoms. The molecule has 6 nitrogen and oxygen atoms in total. The number of rotatable bonds is 3. The normalized spacial score (nSPS) is 14.5. The predicted octanol–water partition coefficient (Wildman–Crippen LogP) is 0.447. The quantitative estimate of drug-likeness (QED) is 0.848. The maximum absolute atomic E-state index is 12.3.